The van der Waals surface area contributed by atoms with Crippen molar-refractivity contribution < 1.29 is 9.59 Å². The molecule has 0 aliphatic rings. The third kappa shape index (κ3) is 6.21. The lowest BCUT2D eigenvalue weighted by Crippen LogP contribution is -2.24. The molecule has 0 saturated heterocycles. The normalized spacial score (nSPS) is 10.7. The van der Waals surface area contributed by atoms with Gasteiger partial charge < -0.3 is 10.6 Å². The maximum atomic E-state index is 12.5. The second-order valence-electron chi connectivity index (χ2n) is 7.39. The first-order valence-electron chi connectivity index (χ1n) is 10.4. The molecule has 0 saturated carbocycles. The molecule has 31 heavy (non-hydrogen) atoms. The number of anilines is 1. The number of nitrogens with zero attached hydrogens (tertiary/aromatic N) is 2. The van der Waals surface area contributed by atoms with E-state index in [2.05, 4.69) is 22.5 Å². The number of unbranched alkanes of at least 4 members (excludes halogenated alkanes) is 1. The second-order valence-corrected chi connectivity index (χ2v) is 8.34. The van der Waals surface area contributed by atoms with Crippen LogP contribution < -0.4 is 10.6 Å². The number of rotatable bonds is 9. The van der Waals surface area contributed by atoms with Crippen molar-refractivity contribution in [1.82, 2.24) is 14.9 Å². The second kappa shape index (κ2) is 10.8. The number of nitrogens with one attached hydrogen (secondary N) is 2. The van der Waals surface area contributed by atoms with Gasteiger partial charge in [-0.1, -0.05) is 43.3 Å². The van der Waals surface area contributed by atoms with Crippen molar-refractivity contribution in [2.24, 2.45) is 0 Å². The summed E-state index contributed by atoms with van der Waals surface area (Å²) in [5.41, 5.74) is 4.39. The topological polar surface area (TPSA) is 76.0 Å². The first kappa shape index (κ1) is 22.6. The van der Waals surface area contributed by atoms with Gasteiger partial charge in [0.1, 0.15) is 0 Å². The lowest BCUT2D eigenvalue weighted by atomic mass is 10.1. The summed E-state index contributed by atoms with van der Waals surface area (Å²) in [6.45, 7) is 6.73. The number of carbonyl (C=O) groups is 2. The van der Waals surface area contributed by atoms with Crippen LogP contribution in [0.2, 0.25) is 0 Å². The molecule has 3 rings (SSSR count). The molecule has 1 heterocycles. The number of hydrogen-bond acceptors (Lipinski definition) is 4. The Hall–Kier alpha value is -3.06. The molecule has 0 unspecified atom stereocenters. The standard InChI is InChI=1S/C24H28N4O2S/c1-4-5-11-25-23(30)19-7-6-8-20(15-19)28-13-12-26-24(28)31-16-22(29)27-21-14-17(2)9-10-18(21)3/h6-10,12-15H,4-5,11,16H2,1-3H3,(H,25,30)(H,27,29). The van der Waals surface area contributed by atoms with E-state index in [1.165, 1.54) is 11.8 Å². The molecule has 1 aromatic heterocycles. The fraction of sp³-hybridized carbons (Fsp3) is 0.292. The van der Waals surface area contributed by atoms with Gasteiger partial charge >= 0.3 is 0 Å². The van der Waals surface area contributed by atoms with Gasteiger partial charge in [-0.25, -0.2) is 4.98 Å². The molecule has 2 N–H and O–H groups in total. The molecule has 0 spiro atoms. The van der Waals surface area contributed by atoms with Crippen LogP contribution in [0.25, 0.3) is 5.69 Å². The minimum atomic E-state index is -0.0858. The Balaban J connectivity index is 1.66. The van der Waals surface area contributed by atoms with E-state index in [1.807, 2.05) is 61.0 Å². The Bertz CT molecular complexity index is 1060. The van der Waals surface area contributed by atoms with Gasteiger partial charge in [-0.3, -0.25) is 14.2 Å². The van der Waals surface area contributed by atoms with Crippen molar-refractivity contribution >= 4 is 29.3 Å². The van der Waals surface area contributed by atoms with Gasteiger partial charge in [0.25, 0.3) is 5.91 Å². The summed E-state index contributed by atoms with van der Waals surface area (Å²) in [7, 11) is 0. The summed E-state index contributed by atoms with van der Waals surface area (Å²) in [4.78, 5) is 29.2. The Morgan fingerprint density at radius 2 is 1.97 bits per heavy atom. The predicted molar refractivity (Wildman–Crippen MR) is 126 cm³/mol. The lowest BCUT2D eigenvalue weighted by Gasteiger charge is -2.11. The fourth-order valence-corrected chi connectivity index (χ4v) is 3.83. The highest BCUT2D eigenvalue weighted by Crippen LogP contribution is 2.22. The Kier molecular flexibility index (Phi) is 7.89. The van der Waals surface area contributed by atoms with Gasteiger partial charge in [0.2, 0.25) is 5.91 Å². The summed E-state index contributed by atoms with van der Waals surface area (Å²) in [5.74, 6) is 0.0662. The van der Waals surface area contributed by atoms with Crippen LogP contribution in [0.5, 0.6) is 0 Å². The molecule has 7 heteroatoms. The van der Waals surface area contributed by atoms with Crippen molar-refractivity contribution in [3.63, 3.8) is 0 Å². The molecule has 6 nitrogen and oxygen atoms in total. The fourth-order valence-electron chi connectivity index (χ4n) is 3.06. The first-order chi connectivity index (χ1) is 15.0. The average molecular weight is 437 g/mol. The Labute approximate surface area is 187 Å². The third-order valence-electron chi connectivity index (χ3n) is 4.81. The minimum absolute atomic E-state index is 0.0856. The highest BCUT2D eigenvalue weighted by atomic mass is 32.2. The SMILES string of the molecule is CCCCNC(=O)c1cccc(-n2ccnc2SCC(=O)Nc2cc(C)ccc2C)c1. The van der Waals surface area contributed by atoms with Crippen molar-refractivity contribution in [2.75, 3.05) is 17.6 Å². The largest absolute Gasteiger partial charge is 0.352 e. The average Bonchev–Trinajstić information content (AvgIpc) is 3.24. The summed E-state index contributed by atoms with van der Waals surface area (Å²) in [5, 5.41) is 6.60. The van der Waals surface area contributed by atoms with Crippen molar-refractivity contribution in [3.05, 3.63) is 71.5 Å². The Morgan fingerprint density at radius 3 is 2.77 bits per heavy atom. The Morgan fingerprint density at radius 1 is 1.13 bits per heavy atom. The number of aryl methyl sites for hydroxylation is 2. The van der Waals surface area contributed by atoms with Crippen LogP contribution >= 0.6 is 11.8 Å². The summed E-state index contributed by atoms with van der Waals surface area (Å²) in [6.07, 6.45) is 5.52. The minimum Gasteiger partial charge on any atom is -0.352 e. The molecular weight excluding hydrogens is 408 g/mol. The number of aromatic nitrogens is 2. The van der Waals surface area contributed by atoms with E-state index in [0.29, 0.717) is 17.3 Å². The van der Waals surface area contributed by atoms with E-state index in [0.717, 1.165) is 35.3 Å². The van der Waals surface area contributed by atoms with Crippen LogP contribution in [-0.2, 0) is 4.79 Å². The monoisotopic (exact) mass is 436 g/mol. The van der Waals surface area contributed by atoms with Crippen LogP contribution in [0.3, 0.4) is 0 Å². The van der Waals surface area contributed by atoms with Crippen LogP contribution in [0.1, 0.15) is 41.3 Å². The number of benzene rings is 2. The first-order valence-corrected chi connectivity index (χ1v) is 11.4. The third-order valence-corrected chi connectivity index (χ3v) is 5.78. The zero-order valence-corrected chi connectivity index (χ0v) is 19.0. The zero-order valence-electron chi connectivity index (χ0n) is 18.1. The van der Waals surface area contributed by atoms with E-state index in [-0.39, 0.29) is 17.6 Å². The highest BCUT2D eigenvalue weighted by Gasteiger charge is 2.12. The van der Waals surface area contributed by atoms with Crippen molar-refractivity contribution in [1.29, 1.82) is 0 Å². The number of imidazole rings is 1. The summed E-state index contributed by atoms with van der Waals surface area (Å²) in [6, 6.07) is 13.4. The summed E-state index contributed by atoms with van der Waals surface area (Å²) < 4.78 is 1.89. The number of thioether (sulfide) groups is 1. The zero-order chi connectivity index (χ0) is 22.2. The quantitative estimate of drug-likeness (QED) is 0.375. The van der Waals surface area contributed by atoms with Gasteiger partial charge in [0, 0.05) is 35.9 Å². The van der Waals surface area contributed by atoms with E-state index >= 15 is 0 Å². The number of carbonyl (C=O) groups excluding carboxylic acids is 2. The van der Waals surface area contributed by atoms with Gasteiger partial charge in [0.05, 0.1) is 5.75 Å². The molecule has 0 aliphatic heterocycles. The van der Waals surface area contributed by atoms with Crippen LogP contribution in [-0.4, -0.2) is 33.7 Å². The van der Waals surface area contributed by atoms with Crippen LogP contribution in [0.4, 0.5) is 5.69 Å². The van der Waals surface area contributed by atoms with Crippen molar-refractivity contribution in [3.8, 4) is 5.69 Å². The maximum absolute atomic E-state index is 12.5. The maximum Gasteiger partial charge on any atom is 0.251 e. The molecule has 0 radical (unpaired) electrons. The molecule has 0 bridgehead atoms. The van der Waals surface area contributed by atoms with E-state index in [1.54, 1.807) is 12.3 Å². The molecule has 162 valence electrons. The predicted octanol–water partition coefficient (Wildman–Crippen LogP) is 4.75. The molecule has 0 fully saturated rings. The van der Waals surface area contributed by atoms with E-state index in [4.69, 9.17) is 0 Å². The highest BCUT2D eigenvalue weighted by molar-refractivity contribution is 7.99. The molecule has 0 atom stereocenters. The lowest BCUT2D eigenvalue weighted by molar-refractivity contribution is -0.113. The van der Waals surface area contributed by atoms with E-state index in [9.17, 15) is 9.59 Å². The molecule has 0 aliphatic carbocycles. The molecular formula is C24H28N4O2S. The van der Waals surface area contributed by atoms with Gasteiger partial charge in [-0.15, -0.1) is 0 Å². The summed E-state index contributed by atoms with van der Waals surface area (Å²) >= 11 is 1.36. The van der Waals surface area contributed by atoms with Gasteiger partial charge in [-0.2, -0.15) is 0 Å². The van der Waals surface area contributed by atoms with Gasteiger partial charge in [-0.05, 0) is 55.7 Å². The van der Waals surface area contributed by atoms with E-state index < -0.39 is 0 Å². The molecule has 3 aromatic rings. The van der Waals surface area contributed by atoms with Gasteiger partial charge in [0.15, 0.2) is 5.16 Å². The van der Waals surface area contributed by atoms with Crippen molar-refractivity contribution in [2.45, 2.75) is 38.8 Å². The smallest absolute Gasteiger partial charge is 0.251 e. The number of amides is 2. The molecule has 2 aromatic carbocycles. The van der Waals surface area contributed by atoms with Crippen LogP contribution in [0, 0.1) is 13.8 Å². The van der Waals surface area contributed by atoms with Crippen LogP contribution in [0.15, 0.2) is 60.0 Å². The molecule has 2 amide bonds. The number of hydrogen-bond donors (Lipinski definition) is 2.